The van der Waals surface area contributed by atoms with E-state index in [1.54, 1.807) is 7.11 Å². The topological polar surface area (TPSA) is 79.9 Å². The Morgan fingerprint density at radius 2 is 1.93 bits per heavy atom. The molecule has 0 aliphatic carbocycles. The summed E-state index contributed by atoms with van der Waals surface area (Å²) in [5.74, 6) is 1.66. The summed E-state index contributed by atoms with van der Waals surface area (Å²) in [7, 11) is 1.63. The summed E-state index contributed by atoms with van der Waals surface area (Å²) in [5.41, 5.74) is 4.48. The maximum atomic E-state index is 12.3. The van der Waals surface area contributed by atoms with Crippen molar-refractivity contribution in [3.63, 3.8) is 0 Å². The van der Waals surface area contributed by atoms with Crippen LogP contribution in [0.4, 0.5) is 0 Å². The second-order valence-corrected chi connectivity index (χ2v) is 7.56. The van der Waals surface area contributed by atoms with Gasteiger partial charge < -0.3 is 10.1 Å². The van der Waals surface area contributed by atoms with E-state index in [4.69, 9.17) is 4.74 Å². The predicted octanol–water partition coefficient (Wildman–Crippen LogP) is 4.07. The number of aryl methyl sites for hydroxylation is 2. The van der Waals surface area contributed by atoms with Gasteiger partial charge in [0.25, 0.3) is 0 Å². The molecular weight excluding hydrogens is 372 g/mol. The fraction of sp³-hybridized carbons (Fsp3) is 0.286. The van der Waals surface area contributed by atoms with E-state index >= 15 is 0 Å². The lowest BCUT2D eigenvalue weighted by atomic mass is 10.0. The van der Waals surface area contributed by atoms with Crippen LogP contribution in [0, 0.1) is 13.8 Å². The lowest BCUT2D eigenvalue weighted by Gasteiger charge is -2.15. The molecule has 7 heteroatoms. The van der Waals surface area contributed by atoms with Crippen molar-refractivity contribution in [3.8, 4) is 17.1 Å². The molecule has 1 unspecified atom stereocenters. The molecule has 1 heterocycles. The van der Waals surface area contributed by atoms with E-state index in [9.17, 15) is 4.79 Å². The van der Waals surface area contributed by atoms with Gasteiger partial charge in [-0.15, -0.1) is 5.10 Å². The molecule has 1 atom stereocenters. The van der Waals surface area contributed by atoms with Crippen LogP contribution in [0.1, 0.15) is 29.7 Å². The quantitative estimate of drug-likeness (QED) is 0.589. The van der Waals surface area contributed by atoms with Crippen LogP contribution in [0.3, 0.4) is 0 Å². The summed E-state index contributed by atoms with van der Waals surface area (Å²) in [6, 6.07) is 13.8. The van der Waals surface area contributed by atoms with Gasteiger partial charge in [0.15, 0.2) is 5.82 Å². The average Bonchev–Trinajstić information content (AvgIpc) is 3.17. The van der Waals surface area contributed by atoms with E-state index < -0.39 is 0 Å². The number of ether oxygens (including phenoxy) is 1. The smallest absolute Gasteiger partial charge is 0.230 e. The average molecular weight is 397 g/mol. The largest absolute Gasteiger partial charge is 0.497 e. The molecule has 2 N–H and O–H groups in total. The Balaban J connectivity index is 1.54. The van der Waals surface area contributed by atoms with Gasteiger partial charge in [-0.1, -0.05) is 30.0 Å². The van der Waals surface area contributed by atoms with Gasteiger partial charge >= 0.3 is 0 Å². The predicted molar refractivity (Wildman–Crippen MR) is 112 cm³/mol. The lowest BCUT2D eigenvalue weighted by molar-refractivity contribution is -0.119. The van der Waals surface area contributed by atoms with Crippen LogP contribution in [-0.2, 0) is 4.79 Å². The molecule has 146 valence electrons. The number of aromatic nitrogens is 3. The van der Waals surface area contributed by atoms with Crippen molar-refractivity contribution < 1.29 is 9.53 Å². The first kappa shape index (κ1) is 19.9. The Morgan fingerprint density at radius 3 is 2.61 bits per heavy atom. The Morgan fingerprint density at radius 1 is 1.18 bits per heavy atom. The summed E-state index contributed by atoms with van der Waals surface area (Å²) in [5, 5.41) is 10.7. The third-order valence-corrected chi connectivity index (χ3v) is 5.42. The number of benzene rings is 2. The number of carbonyl (C=O) groups excluding carboxylic acids is 1. The number of amides is 1. The van der Waals surface area contributed by atoms with E-state index in [1.165, 1.54) is 22.9 Å². The molecule has 0 radical (unpaired) electrons. The molecule has 28 heavy (non-hydrogen) atoms. The monoisotopic (exact) mass is 396 g/mol. The first-order valence-corrected chi connectivity index (χ1v) is 10.0. The molecule has 0 fully saturated rings. The number of methoxy groups -OCH3 is 1. The van der Waals surface area contributed by atoms with Gasteiger partial charge in [0, 0.05) is 5.56 Å². The van der Waals surface area contributed by atoms with Crippen molar-refractivity contribution in [1.29, 1.82) is 0 Å². The zero-order chi connectivity index (χ0) is 20.1. The van der Waals surface area contributed by atoms with Crippen LogP contribution in [0.2, 0.25) is 0 Å². The summed E-state index contributed by atoms with van der Waals surface area (Å²) < 4.78 is 5.16. The van der Waals surface area contributed by atoms with Gasteiger partial charge in [0.2, 0.25) is 11.1 Å². The molecule has 0 aliphatic rings. The first-order valence-electron chi connectivity index (χ1n) is 9.02. The van der Waals surface area contributed by atoms with Gasteiger partial charge in [0.1, 0.15) is 5.75 Å². The van der Waals surface area contributed by atoms with E-state index in [0.29, 0.717) is 11.0 Å². The summed E-state index contributed by atoms with van der Waals surface area (Å²) in [4.78, 5) is 16.7. The molecule has 0 bridgehead atoms. The Bertz CT molecular complexity index is 953. The molecule has 3 rings (SSSR count). The fourth-order valence-electron chi connectivity index (χ4n) is 2.72. The van der Waals surface area contributed by atoms with Crippen molar-refractivity contribution in [2.24, 2.45) is 0 Å². The second kappa shape index (κ2) is 8.93. The number of rotatable bonds is 7. The van der Waals surface area contributed by atoms with Crippen LogP contribution in [0.5, 0.6) is 5.75 Å². The number of hydrogen-bond acceptors (Lipinski definition) is 5. The fourth-order valence-corrected chi connectivity index (χ4v) is 3.33. The van der Waals surface area contributed by atoms with E-state index in [-0.39, 0.29) is 17.7 Å². The zero-order valence-electron chi connectivity index (χ0n) is 16.4. The van der Waals surface area contributed by atoms with Gasteiger partial charge in [-0.3, -0.25) is 9.89 Å². The molecule has 0 saturated heterocycles. The normalized spacial score (nSPS) is 11.9. The molecule has 0 saturated carbocycles. The number of carbonyl (C=O) groups is 1. The number of thioether (sulfide) groups is 1. The number of nitrogens with one attached hydrogen (secondary N) is 2. The Labute approximate surface area is 169 Å². The molecule has 0 spiro atoms. The second-order valence-electron chi connectivity index (χ2n) is 6.62. The van der Waals surface area contributed by atoms with Crippen LogP contribution < -0.4 is 10.1 Å². The van der Waals surface area contributed by atoms with Crippen molar-refractivity contribution in [3.05, 3.63) is 59.2 Å². The lowest BCUT2D eigenvalue weighted by Crippen LogP contribution is -2.28. The minimum Gasteiger partial charge on any atom is -0.497 e. The van der Waals surface area contributed by atoms with E-state index in [2.05, 4.69) is 52.5 Å². The molecule has 1 aromatic heterocycles. The van der Waals surface area contributed by atoms with E-state index in [0.717, 1.165) is 16.9 Å². The van der Waals surface area contributed by atoms with Crippen molar-refractivity contribution in [1.82, 2.24) is 20.5 Å². The van der Waals surface area contributed by atoms with Gasteiger partial charge in [-0.05, 0) is 61.7 Å². The number of H-pyrrole nitrogens is 1. The SMILES string of the molecule is COc1ccc(-c2nc(SCC(=O)NC(C)c3ccc(C)c(C)c3)n[nH]2)cc1. The van der Waals surface area contributed by atoms with Crippen LogP contribution >= 0.6 is 11.8 Å². The minimum absolute atomic E-state index is 0.0468. The summed E-state index contributed by atoms with van der Waals surface area (Å²) >= 11 is 1.30. The molecule has 3 aromatic rings. The first-order chi connectivity index (χ1) is 13.5. The third-order valence-electron chi connectivity index (χ3n) is 4.57. The highest BCUT2D eigenvalue weighted by molar-refractivity contribution is 7.99. The van der Waals surface area contributed by atoms with Crippen LogP contribution in [-0.4, -0.2) is 34.0 Å². The summed E-state index contributed by atoms with van der Waals surface area (Å²) in [6.45, 7) is 6.14. The highest BCUT2D eigenvalue weighted by Crippen LogP contribution is 2.22. The number of hydrogen-bond donors (Lipinski definition) is 2. The number of nitrogens with zero attached hydrogens (tertiary/aromatic N) is 2. The Hall–Kier alpha value is -2.80. The van der Waals surface area contributed by atoms with Crippen molar-refractivity contribution >= 4 is 17.7 Å². The number of aromatic amines is 1. The molecule has 1 amide bonds. The maximum Gasteiger partial charge on any atom is 0.230 e. The standard InChI is InChI=1S/C21H24N4O2S/c1-13-5-6-17(11-14(13)2)15(3)22-19(26)12-28-21-23-20(24-25-21)16-7-9-18(27-4)10-8-16/h5-11,15H,12H2,1-4H3,(H,22,26)(H,23,24,25). The van der Waals surface area contributed by atoms with Gasteiger partial charge in [0.05, 0.1) is 18.9 Å². The van der Waals surface area contributed by atoms with Crippen molar-refractivity contribution in [2.75, 3.05) is 12.9 Å². The molecular formula is C21H24N4O2S. The summed E-state index contributed by atoms with van der Waals surface area (Å²) in [6.07, 6.45) is 0. The highest BCUT2D eigenvalue weighted by atomic mass is 32.2. The van der Waals surface area contributed by atoms with Gasteiger partial charge in [-0.2, -0.15) is 0 Å². The van der Waals surface area contributed by atoms with Crippen LogP contribution in [0.15, 0.2) is 47.6 Å². The van der Waals surface area contributed by atoms with E-state index in [1.807, 2.05) is 31.2 Å². The highest BCUT2D eigenvalue weighted by Gasteiger charge is 2.13. The maximum absolute atomic E-state index is 12.3. The van der Waals surface area contributed by atoms with Crippen LogP contribution in [0.25, 0.3) is 11.4 Å². The molecule has 6 nitrogen and oxygen atoms in total. The Kier molecular flexibility index (Phi) is 6.36. The molecule has 0 aliphatic heterocycles. The van der Waals surface area contributed by atoms with Crippen molar-refractivity contribution in [2.45, 2.75) is 32.0 Å². The zero-order valence-corrected chi connectivity index (χ0v) is 17.3. The minimum atomic E-state index is -0.0495. The third kappa shape index (κ3) is 4.92. The van der Waals surface area contributed by atoms with Gasteiger partial charge in [-0.25, -0.2) is 4.98 Å². The molecule has 2 aromatic carbocycles.